The minimum atomic E-state index is 0.122. The number of rotatable bonds is 7. The van der Waals surface area contributed by atoms with Gasteiger partial charge in [0.25, 0.3) is 0 Å². The molecule has 3 aromatic rings. The van der Waals surface area contributed by atoms with E-state index < -0.39 is 0 Å². The molecule has 1 atom stereocenters. The van der Waals surface area contributed by atoms with Gasteiger partial charge < -0.3 is 10.1 Å². The molecule has 0 bridgehead atoms. The molecule has 1 fully saturated rings. The van der Waals surface area contributed by atoms with Gasteiger partial charge in [-0.1, -0.05) is 44.2 Å². The van der Waals surface area contributed by atoms with Gasteiger partial charge in [-0.05, 0) is 24.5 Å². The number of aryl methyl sites for hydroxylation is 1. The highest BCUT2D eigenvalue weighted by Gasteiger charge is 2.19. The molecule has 0 radical (unpaired) electrons. The van der Waals surface area contributed by atoms with Crippen LogP contribution in [0.2, 0.25) is 0 Å². The summed E-state index contributed by atoms with van der Waals surface area (Å²) >= 11 is 0. The first-order valence-electron chi connectivity index (χ1n) is 10.6. The van der Waals surface area contributed by atoms with Gasteiger partial charge in [-0.15, -0.1) is 0 Å². The standard InChI is InChI=1S/C23H30N6O/c1-16(2)19-13-21(28-27-19)20-14-23(25-17(3)24-20)26-22(18-7-5-4-6-8-18)15-29-9-11-30-12-10-29/h4-8,13-14,16,22H,9-12,15H2,1-3H3,(H,27,28)(H,24,25,26). The summed E-state index contributed by atoms with van der Waals surface area (Å²) in [6.45, 7) is 10.6. The number of ether oxygens (including phenoxy) is 1. The number of morpholine rings is 1. The number of aromatic nitrogens is 4. The molecule has 30 heavy (non-hydrogen) atoms. The van der Waals surface area contributed by atoms with Crippen LogP contribution < -0.4 is 5.32 Å². The Morgan fingerprint density at radius 2 is 1.83 bits per heavy atom. The van der Waals surface area contributed by atoms with E-state index in [1.165, 1.54) is 5.56 Å². The molecule has 1 saturated heterocycles. The van der Waals surface area contributed by atoms with Crippen molar-refractivity contribution in [2.24, 2.45) is 0 Å². The number of nitrogens with one attached hydrogen (secondary N) is 2. The van der Waals surface area contributed by atoms with Crippen molar-refractivity contribution in [2.75, 3.05) is 38.2 Å². The van der Waals surface area contributed by atoms with Crippen LogP contribution >= 0.6 is 0 Å². The van der Waals surface area contributed by atoms with Crippen molar-refractivity contribution in [1.82, 2.24) is 25.1 Å². The summed E-state index contributed by atoms with van der Waals surface area (Å²) < 4.78 is 5.51. The van der Waals surface area contributed by atoms with E-state index in [-0.39, 0.29) is 6.04 Å². The molecular weight excluding hydrogens is 376 g/mol. The molecule has 1 unspecified atom stereocenters. The van der Waals surface area contributed by atoms with E-state index >= 15 is 0 Å². The van der Waals surface area contributed by atoms with Gasteiger partial charge in [0, 0.05) is 31.4 Å². The number of H-pyrrole nitrogens is 1. The molecule has 158 valence electrons. The monoisotopic (exact) mass is 406 g/mol. The summed E-state index contributed by atoms with van der Waals surface area (Å²) in [6.07, 6.45) is 0. The van der Waals surface area contributed by atoms with Gasteiger partial charge in [-0.25, -0.2) is 9.97 Å². The lowest BCUT2D eigenvalue weighted by Gasteiger charge is -2.31. The van der Waals surface area contributed by atoms with Crippen molar-refractivity contribution in [3.63, 3.8) is 0 Å². The Morgan fingerprint density at radius 3 is 2.53 bits per heavy atom. The molecule has 3 heterocycles. The van der Waals surface area contributed by atoms with Crippen LogP contribution in [0.15, 0.2) is 42.5 Å². The number of hydrogen-bond donors (Lipinski definition) is 2. The van der Waals surface area contributed by atoms with Crippen LogP contribution in [0.25, 0.3) is 11.4 Å². The summed E-state index contributed by atoms with van der Waals surface area (Å²) in [5, 5.41) is 11.2. The highest BCUT2D eigenvalue weighted by atomic mass is 16.5. The summed E-state index contributed by atoms with van der Waals surface area (Å²) in [6, 6.07) is 14.7. The molecular formula is C23H30N6O. The molecule has 2 aromatic heterocycles. The first-order chi connectivity index (χ1) is 14.6. The Bertz CT molecular complexity index is 949. The van der Waals surface area contributed by atoms with Crippen LogP contribution in [0, 0.1) is 6.92 Å². The Kier molecular flexibility index (Phi) is 6.40. The second kappa shape index (κ2) is 9.36. The molecule has 1 aliphatic heterocycles. The van der Waals surface area contributed by atoms with Gasteiger partial charge >= 0.3 is 0 Å². The van der Waals surface area contributed by atoms with Crippen molar-refractivity contribution >= 4 is 5.82 Å². The molecule has 7 heteroatoms. The zero-order chi connectivity index (χ0) is 20.9. The smallest absolute Gasteiger partial charge is 0.130 e. The van der Waals surface area contributed by atoms with E-state index in [0.717, 1.165) is 61.6 Å². The van der Waals surface area contributed by atoms with Crippen molar-refractivity contribution < 1.29 is 4.74 Å². The van der Waals surface area contributed by atoms with Crippen LogP contribution in [0.1, 0.15) is 42.9 Å². The normalized spacial score (nSPS) is 16.0. The molecule has 1 aliphatic rings. The number of benzene rings is 1. The fourth-order valence-corrected chi connectivity index (χ4v) is 3.68. The van der Waals surface area contributed by atoms with Gasteiger partial charge in [0.2, 0.25) is 0 Å². The first-order valence-corrected chi connectivity index (χ1v) is 10.6. The third kappa shape index (κ3) is 5.04. The van der Waals surface area contributed by atoms with E-state index in [1.807, 2.05) is 19.1 Å². The van der Waals surface area contributed by atoms with Gasteiger partial charge in [0.05, 0.1) is 24.9 Å². The van der Waals surface area contributed by atoms with Crippen molar-refractivity contribution in [3.05, 3.63) is 59.5 Å². The summed E-state index contributed by atoms with van der Waals surface area (Å²) in [5.74, 6) is 1.93. The van der Waals surface area contributed by atoms with Gasteiger partial charge in [0.1, 0.15) is 17.3 Å². The molecule has 2 N–H and O–H groups in total. The van der Waals surface area contributed by atoms with Crippen LogP contribution in [0.5, 0.6) is 0 Å². The highest BCUT2D eigenvalue weighted by molar-refractivity contribution is 5.59. The number of hydrogen-bond acceptors (Lipinski definition) is 6. The maximum Gasteiger partial charge on any atom is 0.130 e. The van der Waals surface area contributed by atoms with Crippen LogP contribution in [-0.4, -0.2) is 57.9 Å². The van der Waals surface area contributed by atoms with Crippen LogP contribution in [-0.2, 0) is 4.74 Å². The number of anilines is 1. The predicted octanol–water partition coefficient (Wildman–Crippen LogP) is 3.78. The molecule has 0 saturated carbocycles. The molecule has 0 aliphatic carbocycles. The Morgan fingerprint density at radius 1 is 1.07 bits per heavy atom. The SMILES string of the molecule is Cc1nc(NC(CN2CCOCC2)c2ccccc2)cc(-c2cc(C(C)C)[nH]n2)n1. The maximum atomic E-state index is 5.51. The predicted molar refractivity (Wildman–Crippen MR) is 119 cm³/mol. The number of aromatic amines is 1. The maximum absolute atomic E-state index is 5.51. The Balaban J connectivity index is 1.59. The van der Waals surface area contributed by atoms with E-state index in [2.05, 4.69) is 74.6 Å². The van der Waals surface area contributed by atoms with Crippen molar-refractivity contribution in [1.29, 1.82) is 0 Å². The van der Waals surface area contributed by atoms with Crippen LogP contribution in [0.3, 0.4) is 0 Å². The molecule has 4 rings (SSSR count). The Labute approximate surface area is 177 Å². The Hall–Kier alpha value is -2.77. The lowest BCUT2D eigenvalue weighted by molar-refractivity contribution is 0.0360. The molecule has 7 nitrogen and oxygen atoms in total. The fraction of sp³-hybridized carbons (Fsp3) is 0.435. The third-order valence-electron chi connectivity index (χ3n) is 5.39. The highest BCUT2D eigenvalue weighted by Crippen LogP contribution is 2.25. The van der Waals surface area contributed by atoms with E-state index in [9.17, 15) is 0 Å². The minimum Gasteiger partial charge on any atom is -0.379 e. The molecule has 1 aromatic carbocycles. The second-order valence-electron chi connectivity index (χ2n) is 8.07. The lowest BCUT2D eigenvalue weighted by Crippen LogP contribution is -2.40. The average molecular weight is 407 g/mol. The zero-order valence-corrected chi connectivity index (χ0v) is 17.9. The second-order valence-corrected chi connectivity index (χ2v) is 8.07. The lowest BCUT2D eigenvalue weighted by atomic mass is 10.1. The fourth-order valence-electron chi connectivity index (χ4n) is 3.68. The number of nitrogens with zero attached hydrogens (tertiary/aromatic N) is 4. The van der Waals surface area contributed by atoms with Gasteiger partial charge in [-0.2, -0.15) is 5.10 Å². The summed E-state index contributed by atoms with van der Waals surface area (Å²) in [7, 11) is 0. The van der Waals surface area contributed by atoms with E-state index in [0.29, 0.717) is 5.92 Å². The topological polar surface area (TPSA) is 79.0 Å². The summed E-state index contributed by atoms with van der Waals surface area (Å²) in [4.78, 5) is 11.7. The largest absolute Gasteiger partial charge is 0.379 e. The van der Waals surface area contributed by atoms with Crippen molar-refractivity contribution in [3.8, 4) is 11.4 Å². The summed E-state index contributed by atoms with van der Waals surface area (Å²) in [5.41, 5.74) is 4.01. The quantitative estimate of drug-likeness (QED) is 0.622. The van der Waals surface area contributed by atoms with Gasteiger partial charge in [-0.3, -0.25) is 10.00 Å². The van der Waals surface area contributed by atoms with Gasteiger partial charge in [0.15, 0.2) is 0 Å². The van der Waals surface area contributed by atoms with E-state index in [4.69, 9.17) is 4.74 Å². The first kappa shape index (κ1) is 20.5. The minimum absolute atomic E-state index is 0.122. The average Bonchev–Trinajstić information content (AvgIpc) is 3.25. The van der Waals surface area contributed by atoms with Crippen molar-refractivity contribution in [2.45, 2.75) is 32.7 Å². The molecule has 0 amide bonds. The van der Waals surface area contributed by atoms with Crippen LogP contribution in [0.4, 0.5) is 5.82 Å². The third-order valence-corrected chi connectivity index (χ3v) is 5.39. The molecule has 0 spiro atoms. The zero-order valence-electron chi connectivity index (χ0n) is 17.9. The van der Waals surface area contributed by atoms with E-state index in [1.54, 1.807) is 0 Å².